The first-order valence-electron chi connectivity index (χ1n) is 9.34. The number of fused-ring (bicyclic) bond motifs is 1. The number of aromatic amines is 1. The topological polar surface area (TPSA) is 73.7 Å². The van der Waals surface area contributed by atoms with E-state index in [4.69, 9.17) is 16.3 Å². The van der Waals surface area contributed by atoms with E-state index in [0.717, 1.165) is 39.0 Å². The zero-order valence-corrected chi connectivity index (χ0v) is 17.3. The molecule has 2 N–H and O–H groups in total. The Bertz CT molecular complexity index is 1300. The second-order valence-electron chi connectivity index (χ2n) is 6.80. The summed E-state index contributed by atoms with van der Waals surface area (Å²) >= 11 is 6.45. The number of hydrogen-bond donors (Lipinski definition) is 2. The first-order chi connectivity index (χ1) is 14.6. The molecule has 0 saturated heterocycles. The van der Waals surface area contributed by atoms with Crippen LogP contribution in [0.5, 0.6) is 5.75 Å². The third-order valence-corrected chi connectivity index (χ3v) is 5.27. The van der Waals surface area contributed by atoms with Gasteiger partial charge in [-0.05, 0) is 42.3 Å². The van der Waals surface area contributed by atoms with Gasteiger partial charge in [-0.1, -0.05) is 35.9 Å². The normalized spacial score (nSPS) is 11.0. The van der Waals surface area contributed by atoms with E-state index < -0.39 is 0 Å². The third-order valence-electron chi connectivity index (χ3n) is 4.97. The Morgan fingerprint density at radius 3 is 2.87 bits per heavy atom. The lowest BCUT2D eigenvalue weighted by atomic mass is 10.1. The predicted octanol–water partition coefficient (Wildman–Crippen LogP) is 6.32. The lowest BCUT2D eigenvalue weighted by molar-refractivity contribution is 0.414. The van der Waals surface area contributed by atoms with Gasteiger partial charge < -0.3 is 15.0 Å². The number of halogens is 1. The highest BCUT2D eigenvalue weighted by atomic mass is 35.5. The van der Waals surface area contributed by atoms with Crippen molar-refractivity contribution in [3.63, 3.8) is 0 Å². The molecule has 0 amide bonds. The summed E-state index contributed by atoms with van der Waals surface area (Å²) < 4.78 is 5.28. The summed E-state index contributed by atoms with van der Waals surface area (Å²) in [5.41, 5.74) is 5.68. The molecule has 0 unspecified atom stereocenters. The number of pyridine rings is 1. The predicted molar refractivity (Wildman–Crippen MR) is 122 cm³/mol. The van der Waals surface area contributed by atoms with Crippen molar-refractivity contribution in [3.8, 4) is 11.8 Å². The van der Waals surface area contributed by atoms with Crippen LogP contribution in [0.15, 0.2) is 55.0 Å². The standard InChI is InChI=1S/C24H19ClN4O/c1-15-20-8-9-28-24(20)21(25)11-22(15)29-23-17(13-27-14-18(23)12-26)7-6-16-4-3-5-19(10-16)30-2/h3-11,13-14,28H,1-2H3,(H,27,29)/b7-6+. The molecule has 0 aliphatic carbocycles. The van der Waals surface area contributed by atoms with Gasteiger partial charge >= 0.3 is 0 Å². The van der Waals surface area contributed by atoms with Crippen molar-refractivity contribution in [3.05, 3.63) is 82.3 Å². The number of nitriles is 1. The second-order valence-corrected chi connectivity index (χ2v) is 7.20. The highest BCUT2D eigenvalue weighted by Gasteiger charge is 2.13. The molecule has 0 aliphatic rings. The van der Waals surface area contributed by atoms with Crippen LogP contribution in [0.1, 0.15) is 22.3 Å². The van der Waals surface area contributed by atoms with Crippen molar-refractivity contribution >= 4 is 46.0 Å². The molecule has 4 rings (SSSR count). The van der Waals surface area contributed by atoms with Gasteiger partial charge in [0.1, 0.15) is 11.8 Å². The Kier molecular flexibility index (Phi) is 5.42. The number of hydrogen-bond acceptors (Lipinski definition) is 4. The molecule has 0 saturated carbocycles. The summed E-state index contributed by atoms with van der Waals surface area (Å²) in [5.74, 6) is 0.782. The van der Waals surface area contributed by atoms with E-state index in [0.29, 0.717) is 16.3 Å². The highest BCUT2D eigenvalue weighted by molar-refractivity contribution is 6.35. The summed E-state index contributed by atoms with van der Waals surface area (Å²) in [4.78, 5) is 7.37. The monoisotopic (exact) mass is 414 g/mol. The maximum absolute atomic E-state index is 9.64. The third kappa shape index (κ3) is 3.73. The zero-order chi connectivity index (χ0) is 21.1. The van der Waals surface area contributed by atoms with E-state index in [1.165, 1.54) is 0 Å². The van der Waals surface area contributed by atoms with E-state index in [2.05, 4.69) is 21.4 Å². The molecule has 0 fully saturated rings. The molecule has 0 atom stereocenters. The van der Waals surface area contributed by atoms with Crippen molar-refractivity contribution in [1.82, 2.24) is 9.97 Å². The molecule has 0 bridgehead atoms. The molecule has 6 heteroatoms. The molecule has 30 heavy (non-hydrogen) atoms. The van der Waals surface area contributed by atoms with E-state index in [9.17, 15) is 5.26 Å². The van der Waals surface area contributed by atoms with Crippen LogP contribution in [0, 0.1) is 18.3 Å². The van der Waals surface area contributed by atoms with Crippen molar-refractivity contribution in [2.75, 3.05) is 12.4 Å². The largest absolute Gasteiger partial charge is 0.497 e. The Morgan fingerprint density at radius 1 is 1.20 bits per heavy atom. The molecule has 2 heterocycles. The summed E-state index contributed by atoms with van der Waals surface area (Å²) in [7, 11) is 1.64. The lowest BCUT2D eigenvalue weighted by Gasteiger charge is -2.15. The fourth-order valence-electron chi connectivity index (χ4n) is 3.35. The first-order valence-corrected chi connectivity index (χ1v) is 9.72. The molecule has 4 aromatic rings. The van der Waals surface area contributed by atoms with E-state index in [1.54, 1.807) is 19.5 Å². The SMILES string of the molecule is COc1cccc(/C=C/c2cncc(C#N)c2Nc2cc(Cl)c3[nH]ccc3c2C)c1. The Balaban J connectivity index is 1.76. The van der Waals surface area contributed by atoms with Crippen molar-refractivity contribution in [1.29, 1.82) is 5.26 Å². The molecular formula is C24H19ClN4O. The van der Waals surface area contributed by atoms with E-state index >= 15 is 0 Å². The van der Waals surface area contributed by atoms with Crippen LogP contribution in [0.25, 0.3) is 23.1 Å². The number of H-pyrrole nitrogens is 1. The number of aryl methyl sites for hydroxylation is 1. The number of nitrogens with one attached hydrogen (secondary N) is 2. The molecular weight excluding hydrogens is 396 g/mol. The zero-order valence-electron chi connectivity index (χ0n) is 16.5. The number of benzene rings is 2. The van der Waals surface area contributed by atoms with Crippen molar-refractivity contribution in [2.45, 2.75) is 6.92 Å². The van der Waals surface area contributed by atoms with E-state index in [1.807, 2.05) is 61.7 Å². The Hall–Kier alpha value is -3.75. The van der Waals surface area contributed by atoms with Crippen LogP contribution in [-0.2, 0) is 0 Å². The van der Waals surface area contributed by atoms with E-state index in [-0.39, 0.29) is 0 Å². The van der Waals surface area contributed by atoms with Gasteiger partial charge in [-0.15, -0.1) is 0 Å². The van der Waals surface area contributed by atoms with Crippen LogP contribution in [0.2, 0.25) is 5.02 Å². The van der Waals surface area contributed by atoms with Gasteiger partial charge in [0.2, 0.25) is 0 Å². The number of anilines is 2. The van der Waals surface area contributed by atoms with Gasteiger partial charge in [-0.25, -0.2) is 0 Å². The lowest BCUT2D eigenvalue weighted by Crippen LogP contribution is -2.00. The van der Waals surface area contributed by atoms with Crippen molar-refractivity contribution in [2.24, 2.45) is 0 Å². The summed E-state index contributed by atoms with van der Waals surface area (Å²) in [6.45, 7) is 2.02. The maximum Gasteiger partial charge on any atom is 0.119 e. The van der Waals surface area contributed by atoms with Gasteiger partial charge in [0, 0.05) is 35.2 Å². The number of ether oxygens (including phenoxy) is 1. The molecule has 2 aromatic heterocycles. The van der Waals surface area contributed by atoms with Crippen LogP contribution in [0.4, 0.5) is 11.4 Å². The van der Waals surface area contributed by atoms with Crippen LogP contribution in [-0.4, -0.2) is 17.1 Å². The van der Waals surface area contributed by atoms with Gasteiger partial charge in [0.15, 0.2) is 0 Å². The van der Waals surface area contributed by atoms with Gasteiger partial charge in [-0.2, -0.15) is 5.26 Å². The van der Waals surface area contributed by atoms with Crippen LogP contribution >= 0.6 is 11.6 Å². The van der Waals surface area contributed by atoms with Gasteiger partial charge in [0.05, 0.1) is 28.9 Å². The summed E-state index contributed by atoms with van der Waals surface area (Å²) in [5, 5.41) is 14.7. The molecule has 0 radical (unpaired) electrons. The number of nitrogens with zero attached hydrogens (tertiary/aromatic N) is 2. The Labute approximate surface area is 179 Å². The minimum absolute atomic E-state index is 0.451. The molecule has 2 aromatic carbocycles. The maximum atomic E-state index is 9.64. The molecule has 148 valence electrons. The average molecular weight is 415 g/mol. The number of methoxy groups -OCH3 is 1. The van der Waals surface area contributed by atoms with Crippen LogP contribution in [0.3, 0.4) is 0 Å². The van der Waals surface area contributed by atoms with Gasteiger partial charge in [-0.3, -0.25) is 4.98 Å². The average Bonchev–Trinajstić information content (AvgIpc) is 3.27. The molecule has 0 aliphatic heterocycles. The highest BCUT2D eigenvalue weighted by Crippen LogP contribution is 2.35. The minimum Gasteiger partial charge on any atom is -0.497 e. The molecule has 0 spiro atoms. The van der Waals surface area contributed by atoms with Gasteiger partial charge in [0.25, 0.3) is 0 Å². The minimum atomic E-state index is 0.451. The fourth-order valence-corrected chi connectivity index (χ4v) is 3.62. The quantitative estimate of drug-likeness (QED) is 0.400. The van der Waals surface area contributed by atoms with Crippen molar-refractivity contribution < 1.29 is 4.74 Å². The second kappa shape index (κ2) is 8.32. The summed E-state index contributed by atoms with van der Waals surface area (Å²) in [6.07, 6.45) is 9.03. The number of aromatic nitrogens is 2. The number of rotatable bonds is 5. The van der Waals surface area contributed by atoms with Crippen LogP contribution < -0.4 is 10.1 Å². The summed E-state index contributed by atoms with van der Waals surface area (Å²) in [6, 6.07) is 13.8. The smallest absolute Gasteiger partial charge is 0.119 e. The fraction of sp³-hybridized carbons (Fsp3) is 0.0833. The first kappa shape index (κ1) is 19.6. The molecule has 5 nitrogen and oxygen atoms in total. The Morgan fingerprint density at radius 2 is 2.07 bits per heavy atom.